The largest absolute Gasteiger partial charge is 0.316 e. The summed E-state index contributed by atoms with van der Waals surface area (Å²) < 4.78 is 23.6. The average molecular weight is 223 g/mol. The summed E-state index contributed by atoms with van der Waals surface area (Å²) in [7, 11) is -1.40. The van der Waals surface area contributed by atoms with Crippen molar-refractivity contribution < 1.29 is 8.42 Å². The topological polar surface area (TPSA) is 46.2 Å². The molecule has 1 aromatic rings. The minimum Gasteiger partial charge on any atom is -0.316 e. The number of nitrogens with one attached hydrogen (secondary N) is 1. The van der Waals surface area contributed by atoms with Gasteiger partial charge in [-0.1, -0.05) is 12.1 Å². The second-order valence-corrected chi connectivity index (χ2v) is 5.48. The zero-order chi connectivity index (χ0) is 11.1. The van der Waals surface area contributed by atoms with E-state index in [9.17, 15) is 8.42 Å². The van der Waals surface area contributed by atoms with Crippen LogP contribution in [0.4, 0.5) is 0 Å². The number of hydrogen-bond acceptors (Lipinski definition) is 3. The van der Waals surface area contributed by atoms with E-state index < -0.39 is 9.84 Å². The molecule has 1 N–H and O–H groups in total. The molecule has 0 radical (unpaired) electrons. The highest BCUT2D eigenvalue weighted by molar-refractivity contribution is 7.95. The highest BCUT2D eigenvalue weighted by Crippen LogP contribution is 2.33. The number of aryl methyl sites for hydroxylation is 1. The van der Waals surface area contributed by atoms with Crippen molar-refractivity contribution in [3.63, 3.8) is 0 Å². The monoisotopic (exact) mass is 223 g/mol. The van der Waals surface area contributed by atoms with Crippen LogP contribution in [0.25, 0.3) is 5.57 Å². The Morgan fingerprint density at radius 3 is 2.73 bits per heavy atom. The molecule has 0 bridgehead atoms. The molecule has 0 unspecified atom stereocenters. The first kappa shape index (κ1) is 10.4. The predicted molar refractivity (Wildman–Crippen MR) is 60.3 cm³/mol. The quantitative estimate of drug-likeness (QED) is 0.823. The molecule has 0 spiro atoms. The van der Waals surface area contributed by atoms with E-state index in [0.717, 1.165) is 16.7 Å². The van der Waals surface area contributed by atoms with Crippen molar-refractivity contribution in [1.29, 1.82) is 0 Å². The smallest absolute Gasteiger partial charge is 0.200 e. The van der Waals surface area contributed by atoms with Crippen molar-refractivity contribution in [2.24, 2.45) is 0 Å². The Morgan fingerprint density at radius 1 is 1.33 bits per heavy atom. The van der Waals surface area contributed by atoms with Gasteiger partial charge in [0.05, 0.1) is 4.90 Å². The molecule has 0 atom stereocenters. The maximum Gasteiger partial charge on any atom is 0.200 e. The summed E-state index contributed by atoms with van der Waals surface area (Å²) >= 11 is 0. The molecule has 3 nitrogen and oxygen atoms in total. The normalized spacial score (nSPS) is 17.3. The van der Waals surface area contributed by atoms with Gasteiger partial charge in [-0.2, -0.15) is 0 Å². The van der Waals surface area contributed by atoms with Gasteiger partial charge in [0, 0.05) is 12.0 Å². The summed E-state index contributed by atoms with van der Waals surface area (Å²) in [6.45, 7) is 2.47. The maximum absolute atomic E-state index is 11.8. The molecule has 80 valence electrons. The van der Waals surface area contributed by atoms with Gasteiger partial charge >= 0.3 is 0 Å². The lowest BCUT2D eigenvalue weighted by Crippen LogP contribution is -2.08. The Bertz CT molecular complexity index is 530. The van der Waals surface area contributed by atoms with Gasteiger partial charge in [-0.3, -0.25) is 0 Å². The molecular formula is C11H13NO2S. The van der Waals surface area contributed by atoms with Crippen molar-refractivity contribution in [1.82, 2.24) is 5.32 Å². The molecule has 0 saturated heterocycles. The molecule has 15 heavy (non-hydrogen) atoms. The zero-order valence-corrected chi connectivity index (χ0v) is 9.56. The third-order valence-electron chi connectivity index (χ3n) is 2.45. The lowest BCUT2D eigenvalue weighted by atomic mass is 10.1. The van der Waals surface area contributed by atoms with Gasteiger partial charge in [0.15, 0.2) is 0 Å². The van der Waals surface area contributed by atoms with Gasteiger partial charge in [-0.15, -0.1) is 0 Å². The Morgan fingerprint density at radius 2 is 2.07 bits per heavy atom. The molecule has 1 aliphatic rings. The number of sulfone groups is 1. The van der Waals surface area contributed by atoms with E-state index in [1.54, 1.807) is 13.1 Å². The summed E-state index contributed by atoms with van der Waals surface area (Å²) in [5, 5.41) is 4.32. The van der Waals surface area contributed by atoms with Crippen LogP contribution in [0.15, 0.2) is 28.5 Å². The first-order valence-corrected chi connectivity index (χ1v) is 6.30. The molecular weight excluding hydrogens is 210 g/mol. The van der Waals surface area contributed by atoms with Crippen LogP contribution < -0.4 is 5.32 Å². The number of fused-ring (bicyclic) bond motifs is 1. The van der Waals surface area contributed by atoms with Crippen molar-refractivity contribution in [2.75, 3.05) is 13.6 Å². The van der Waals surface area contributed by atoms with Gasteiger partial charge in [0.25, 0.3) is 0 Å². The summed E-state index contributed by atoms with van der Waals surface area (Å²) in [6.07, 6.45) is 0. The van der Waals surface area contributed by atoms with E-state index in [4.69, 9.17) is 0 Å². The molecule has 1 heterocycles. The number of hydrogen-bond donors (Lipinski definition) is 1. The van der Waals surface area contributed by atoms with Gasteiger partial charge in [-0.25, -0.2) is 8.42 Å². The second-order valence-electron chi connectivity index (χ2n) is 3.72. The number of benzene rings is 1. The molecule has 1 aliphatic heterocycles. The molecule has 0 amide bonds. The highest BCUT2D eigenvalue weighted by atomic mass is 32.2. The molecule has 0 aliphatic carbocycles. The van der Waals surface area contributed by atoms with E-state index in [1.807, 2.05) is 19.1 Å². The minimum atomic E-state index is -3.20. The lowest BCUT2D eigenvalue weighted by Gasteiger charge is -2.04. The zero-order valence-electron chi connectivity index (χ0n) is 8.74. The Hall–Kier alpha value is -1.13. The molecule has 0 saturated carbocycles. The van der Waals surface area contributed by atoms with Crippen LogP contribution in [0.5, 0.6) is 0 Å². The first-order chi connectivity index (χ1) is 7.04. The summed E-state index contributed by atoms with van der Waals surface area (Å²) in [5.74, 6) is 0. The van der Waals surface area contributed by atoms with Gasteiger partial charge in [0.1, 0.15) is 0 Å². The molecule has 0 aromatic heterocycles. The van der Waals surface area contributed by atoms with Crippen LogP contribution in [-0.4, -0.2) is 22.0 Å². The van der Waals surface area contributed by atoms with Crippen LogP contribution in [0.3, 0.4) is 0 Å². The van der Waals surface area contributed by atoms with Crippen LogP contribution in [0.2, 0.25) is 0 Å². The van der Waals surface area contributed by atoms with Crippen molar-refractivity contribution in [3.8, 4) is 0 Å². The van der Waals surface area contributed by atoms with Crippen LogP contribution in [0.1, 0.15) is 11.1 Å². The Labute approximate surface area is 89.7 Å². The molecule has 2 rings (SSSR count). The standard InChI is InChI=1S/C11H13NO2S/c1-8-3-4-10-9(6-12-2)7-15(13,14)11(10)5-8/h3-5,7,12H,6H2,1-2H3. The van der Waals surface area contributed by atoms with E-state index >= 15 is 0 Å². The van der Waals surface area contributed by atoms with Crippen LogP contribution in [-0.2, 0) is 9.84 Å². The first-order valence-electron chi connectivity index (χ1n) is 4.76. The van der Waals surface area contributed by atoms with Crippen LogP contribution >= 0.6 is 0 Å². The number of likely N-dealkylation sites (N-methyl/N-ethyl adjacent to an activating group) is 1. The van der Waals surface area contributed by atoms with E-state index in [1.165, 1.54) is 5.41 Å². The SMILES string of the molecule is CNCC1=CS(=O)(=O)c2cc(C)ccc21. The fourth-order valence-electron chi connectivity index (χ4n) is 1.77. The molecule has 4 heteroatoms. The van der Waals surface area contributed by atoms with Crippen molar-refractivity contribution in [3.05, 3.63) is 34.7 Å². The van der Waals surface area contributed by atoms with E-state index in [-0.39, 0.29) is 0 Å². The van der Waals surface area contributed by atoms with E-state index in [0.29, 0.717) is 11.4 Å². The Balaban J connectivity index is 2.62. The summed E-state index contributed by atoms with van der Waals surface area (Å²) in [5.41, 5.74) is 2.64. The van der Waals surface area contributed by atoms with Gasteiger partial charge in [0.2, 0.25) is 9.84 Å². The molecule has 0 fully saturated rings. The minimum absolute atomic E-state index is 0.438. The summed E-state index contributed by atoms with van der Waals surface area (Å²) in [6, 6.07) is 5.53. The third-order valence-corrected chi connectivity index (χ3v) is 4.00. The van der Waals surface area contributed by atoms with E-state index in [2.05, 4.69) is 5.32 Å². The summed E-state index contributed by atoms with van der Waals surface area (Å²) in [4.78, 5) is 0.438. The second kappa shape index (κ2) is 3.47. The Kier molecular flexibility index (Phi) is 2.40. The van der Waals surface area contributed by atoms with Gasteiger partial charge < -0.3 is 5.32 Å². The highest BCUT2D eigenvalue weighted by Gasteiger charge is 2.26. The average Bonchev–Trinajstić information content (AvgIpc) is 2.39. The maximum atomic E-state index is 11.8. The number of rotatable bonds is 2. The van der Waals surface area contributed by atoms with Gasteiger partial charge in [-0.05, 0) is 36.7 Å². The molecule has 1 aromatic carbocycles. The fraction of sp³-hybridized carbons (Fsp3) is 0.273. The third kappa shape index (κ3) is 1.70. The fourth-order valence-corrected chi connectivity index (χ4v) is 3.34. The lowest BCUT2D eigenvalue weighted by molar-refractivity contribution is 0.605. The van der Waals surface area contributed by atoms with Crippen molar-refractivity contribution in [2.45, 2.75) is 11.8 Å². The predicted octanol–water partition coefficient (Wildman–Crippen LogP) is 1.34. The van der Waals surface area contributed by atoms with Crippen molar-refractivity contribution >= 4 is 15.4 Å². The van der Waals surface area contributed by atoms with Crippen LogP contribution in [0, 0.1) is 6.92 Å².